The molecule has 0 fully saturated rings. The van der Waals surface area contributed by atoms with Crippen molar-refractivity contribution in [3.05, 3.63) is 47.3 Å². The summed E-state index contributed by atoms with van der Waals surface area (Å²) in [5.41, 5.74) is 0.534. The van der Waals surface area contributed by atoms with Gasteiger partial charge in [-0.25, -0.2) is 13.8 Å². The maximum Gasteiger partial charge on any atom is 0.168 e. The highest BCUT2D eigenvalue weighted by Crippen LogP contribution is 2.26. The lowest BCUT2D eigenvalue weighted by Crippen LogP contribution is -2.15. The number of thioether (sulfide) groups is 1. The van der Waals surface area contributed by atoms with Gasteiger partial charge in [0.1, 0.15) is 11.6 Å². The van der Waals surface area contributed by atoms with Crippen molar-refractivity contribution in [2.45, 2.75) is 37.1 Å². The summed E-state index contributed by atoms with van der Waals surface area (Å²) in [6.07, 6.45) is 0.872. The average molecular weight is 314 g/mol. The molecular formula is C14H16F2N2O2S. The number of benzene rings is 1. The lowest BCUT2D eigenvalue weighted by atomic mass is 10.2. The summed E-state index contributed by atoms with van der Waals surface area (Å²) in [5.74, 6) is -1.11. The third kappa shape index (κ3) is 3.81. The van der Waals surface area contributed by atoms with E-state index in [4.69, 9.17) is 0 Å². The van der Waals surface area contributed by atoms with E-state index < -0.39 is 17.7 Å². The zero-order chi connectivity index (χ0) is 15.4. The van der Waals surface area contributed by atoms with Crippen molar-refractivity contribution in [3.63, 3.8) is 0 Å². The Balaban J connectivity index is 2.18. The normalized spacial score (nSPS) is 12.6. The highest BCUT2D eigenvalue weighted by Gasteiger charge is 2.14. The van der Waals surface area contributed by atoms with Gasteiger partial charge in [-0.15, -0.1) is 0 Å². The Morgan fingerprint density at radius 1 is 1.33 bits per heavy atom. The van der Waals surface area contributed by atoms with Gasteiger partial charge in [0.2, 0.25) is 0 Å². The topological polar surface area (TPSA) is 58.3 Å². The van der Waals surface area contributed by atoms with Crippen LogP contribution in [-0.2, 0) is 18.9 Å². The lowest BCUT2D eigenvalue weighted by Gasteiger charge is -2.12. The fourth-order valence-electron chi connectivity index (χ4n) is 1.90. The number of nitrogens with zero attached hydrogens (tertiary/aromatic N) is 2. The molecule has 2 N–H and O–H groups in total. The molecule has 0 aliphatic heterocycles. The predicted molar refractivity (Wildman–Crippen MR) is 75.7 cm³/mol. The largest absolute Gasteiger partial charge is 0.392 e. The maximum atomic E-state index is 13.6. The van der Waals surface area contributed by atoms with Crippen LogP contribution in [-0.4, -0.2) is 25.9 Å². The first kappa shape index (κ1) is 15.9. The number of aliphatic hydroxyl groups excluding tert-OH is 2. The molecule has 0 amide bonds. The van der Waals surface area contributed by atoms with Gasteiger partial charge in [0.05, 0.1) is 31.1 Å². The molecule has 0 saturated carbocycles. The standard InChI is InChI=1S/C14H16F2N2O2S/c1-9(20)6-18-10(7-19)5-17-14(18)21-8-11-12(15)3-2-4-13(11)16/h2-5,9,19-20H,6-8H2,1H3. The zero-order valence-corrected chi connectivity index (χ0v) is 12.3. The van der Waals surface area contributed by atoms with Crippen LogP contribution >= 0.6 is 11.8 Å². The van der Waals surface area contributed by atoms with Gasteiger partial charge in [-0.05, 0) is 19.1 Å². The Bertz CT molecular complexity index is 597. The molecule has 2 rings (SSSR count). The Labute approximate surface area is 125 Å². The third-order valence-corrected chi connectivity index (χ3v) is 3.93. The summed E-state index contributed by atoms with van der Waals surface area (Å²) < 4.78 is 28.8. The van der Waals surface area contributed by atoms with Gasteiger partial charge in [0.15, 0.2) is 5.16 Å². The number of rotatable bonds is 6. The molecule has 1 heterocycles. The smallest absolute Gasteiger partial charge is 0.168 e. The van der Waals surface area contributed by atoms with Gasteiger partial charge in [-0.3, -0.25) is 0 Å². The second-order valence-corrected chi connectivity index (χ2v) is 5.58. The molecule has 0 aliphatic rings. The molecule has 21 heavy (non-hydrogen) atoms. The van der Waals surface area contributed by atoms with Gasteiger partial charge >= 0.3 is 0 Å². The van der Waals surface area contributed by atoms with Crippen LogP contribution in [0.15, 0.2) is 29.6 Å². The number of hydrogen-bond donors (Lipinski definition) is 2. The minimum absolute atomic E-state index is 0.0142. The first-order chi connectivity index (χ1) is 10.0. The van der Waals surface area contributed by atoms with Crippen molar-refractivity contribution in [1.82, 2.24) is 9.55 Å². The van der Waals surface area contributed by atoms with E-state index in [1.54, 1.807) is 11.5 Å². The van der Waals surface area contributed by atoms with Crippen LogP contribution in [0.25, 0.3) is 0 Å². The summed E-state index contributed by atoms with van der Waals surface area (Å²) in [6.45, 7) is 1.67. The summed E-state index contributed by atoms with van der Waals surface area (Å²) in [4.78, 5) is 4.12. The number of halogens is 2. The van der Waals surface area contributed by atoms with Gasteiger partial charge in [0, 0.05) is 11.3 Å². The fraction of sp³-hybridized carbons (Fsp3) is 0.357. The van der Waals surface area contributed by atoms with Crippen molar-refractivity contribution in [3.8, 4) is 0 Å². The van der Waals surface area contributed by atoms with E-state index in [1.807, 2.05) is 0 Å². The third-order valence-electron chi connectivity index (χ3n) is 2.92. The molecule has 7 heteroatoms. The van der Waals surface area contributed by atoms with Crippen molar-refractivity contribution >= 4 is 11.8 Å². The van der Waals surface area contributed by atoms with Gasteiger partial charge < -0.3 is 14.8 Å². The zero-order valence-electron chi connectivity index (χ0n) is 11.5. The van der Waals surface area contributed by atoms with E-state index in [-0.39, 0.29) is 24.5 Å². The number of aliphatic hydroxyl groups is 2. The molecule has 114 valence electrons. The van der Waals surface area contributed by atoms with Crippen molar-refractivity contribution in [1.29, 1.82) is 0 Å². The SMILES string of the molecule is CC(O)Cn1c(CO)cnc1SCc1c(F)cccc1F. The summed E-state index contributed by atoms with van der Waals surface area (Å²) in [6, 6.07) is 3.73. The van der Waals surface area contributed by atoms with E-state index in [1.165, 1.54) is 24.4 Å². The molecule has 2 aromatic rings. The van der Waals surface area contributed by atoms with Crippen molar-refractivity contribution < 1.29 is 19.0 Å². The Hall–Kier alpha value is -1.44. The van der Waals surface area contributed by atoms with Crippen LogP contribution in [0, 0.1) is 11.6 Å². The Morgan fingerprint density at radius 3 is 2.57 bits per heavy atom. The second-order valence-electron chi connectivity index (χ2n) is 4.64. The minimum Gasteiger partial charge on any atom is -0.392 e. The first-order valence-corrected chi connectivity index (χ1v) is 7.40. The van der Waals surface area contributed by atoms with Crippen molar-refractivity contribution in [2.24, 2.45) is 0 Å². The average Bonchev–Trinajstić information content (AvgIpc) is 2.80. The molecule has 0 spiro atoms. The highest BCUT2D eigenvalue weighted by atomic mass is 32.2. The summed E-state index contributed by atoms with van der Waals surface area (Å²) in [7, 11) is 0. The van der Waals surface area contributed by atoms with Crippen LogP contribution in [0.2, 0.25) is 0 Å². The molecule has 1 aromatic carbocycles. The molecular weight excluding hydrogens is 298 g/mol. The predicted octanol–water partition coefficient (Wildman–Crippen LogP) is 2.33. The molecule has 0 radical (unpaired) electrons. The molecule has 1 atom stereocenters. The quantitative estimate of drug-likeness (QED) is 0.804. The maximum absolute atomic E-state index is 13.6. The number of hydrogen-bond acceptors (Lipinski definition) is 4. The molecule has 0 saturated heterocycles. The van der Waals surface area contributed by atoms with E-state index in [0.29, 0.717) is 10.9 Å². The number of imidazole rings is 1. The number of aromatic nitrogens is 2. The fourth-order valence-corrected chi connectivity index (χ4v) is 2.92. The lowest BCUT2D eigenvalue weighted by molar-refractivity contribution is 0.165. The van der Waals surface area contributed by atoms with E-state index >= 15 is 0 Å². The summed E-state index contributed by atoms with van der Waals surface area (Å²) in [5, 5.41) is 19.2. The molecule has 1 aromatic heterocycles. The Kier molecular flexibility index (Phi) is 5.33. The second kappa shape index (κ2) is 7.02. The molecule has 0 aliphatic carbocycles. The minimum atomic E-state index is -0.617. The van der Waals surface area contributed by atoms with Crippen LogP contribution in [0.1, 0.15) is 18.2 Å². The molecule has 0 bridgehead atoms. The summed E-state index contributed by atoms with van der Waals surface area (Å²) >= 11 is 1.16. The van der Waals surface area contributed by atoms with Crippen LogP contribution in [0.4, 0.5) is 8.78 Å². The van der Waals surface area contributed by atoms with Gasteiger partial charge in [-0.1, -0.05) is 17.8 Å². The van der Waals surface area contributed by atoms with Crippen LogP contribution in [0.3, 0.4) is 0 Å². The van der Waals surface area contributed by atoms with Crippen LogP contribution < -0.4 is 0 Å². The van der Waals surface area contributed by atoms with E-state index in [0.717, 1.165) is 11.8 Å². The van der Waals surface area contributed by atoms with Crippen molar-refractivity contribution in [2.75, 3.05) is 0 Å². The van der Waals surface area contributed by atoms with Gasteiger partial charge in [-0.2, -0.15) is 0 Å². The monoisotopic (exact) mass is 314 g/mol. The Morgan fingerprint density at radius 2 is 2.00 bits per heavy atom. The molecule has 4 nitrogen and oxygen atoms in total. The van der Waals surface area contributed by atoms with E-state index in [2.05, 4.69) is 4.98 Å². The first-order valence-electron chi connectivity index (χ1n) is 6.42. The highest BCUT2D eigenvalue weighted by molar-refractivity contribution is 7.98. The van der Waals surface area contributed by atoms with Crippen LogP contribution in [0.5, 0.6) is 0 Å². The van der Waals surface area contributed by atoms with Gasteiger partial charge in [0.25, 0.3) is 0 Å². The van der Waals surface area contributed by atoms with E-state index in [9.17, 15) is 19.0 Å². The molecule has 1 unspecified atom stereocenters.